The topological polar surface area (TPSA) is 121 Å². The van der Waals surface area contributed by atoms with E-state index in [1.54, 1.807) is 6.07 Å². The van der Waals surface area contributed by atoms with Crippen LogP contribution in [-0.4, -0.2) is 39.8 Å². The number of benzene rings is 1. The predicted octanol–water partition coefficient (Wildman–Crippen LogP) is -0.981. The lowest BCUT2D eigenvalue weighted by Crippen LogP contribution is -2.51. The summed E-state index contributed by atoms with van der Waals surface area (Å²) in [7, 11) is 0. The fourth-order valence-corrected chi connectivity index (χ4v) is 1.39. The summed E-state index contributed by atoms with van der Waals surface area (Å²) in [5, 5.41) is 28.2. The van der Waals surface area contributed by atoms with Crippen molar-refractivity contribution in [2.75, 3.05) is 0 Å². The first-order chi connectivity index (χ1) is 8.44. The van der Waals surface area contributed by atoms with Crippen molar-refractivity contribution >= 4 is 18.4 Å². The number of aliphatic carboxylic acids is 1. The number of hydrogen-bond acceptors (Lipinski definition) is 6. The summed E-state index contributed by atoms with van der Waals surface area (Å²) >= 11 is 0. The van der Waals surface area contributed by atoms with Crippen molar-refractivity contribution in [3.63, 3.8) is 0 Å². The second kappa shape index (κ2) is 5.39. The van der Waals surface area contributed by atoms with Gasteiger partial charge in [0.25, 0.3) is 0 Å². The van der Waals surface area contributed by atoms with Gasteiger partial charge in [0.1, 0.15) is 0 Å². The largest absolute Gasteiger partial charge is 0.479 e. The first-order valence-electron chi connectivity index (χ1n) is 4.78. The quantitative estimate of drug-likeness (QED) is 0.350. The van der Waals surface area contributed by atoms with Crippen molar-refractivity contribution in [1.82, 2.24) is 0 Å². The average Bonchev–Trinajstić information content (AvgIpc) is 2.38. The molecule has 0 heterocycles. The summed E-state index contributed by atoms with van der Waals surface area (Å²) in [5.41, 5.74) is -3.06. The summed E-state index contributed by atoms with van der Waals surface area (Å²) in [5.74, 6) is -3.40. The minimum atomic E-state index is -2.85. The van der Waals surface area contributed by atoms with Crippen LogP contribution < -0.4 is 0 Å². The molecule has 0 aromatic heterocycles. The Morgan fingerprint density at radius 3 is 2.28 bits per heavy atom. The zero-order valence-corrected chi connectivity index (χ0v) is 9.02. The minimum Gasteiger partial charge on any atom is -0.479 e. The van der Waals surface area contributed by atoms with Crippen LogP contribution in [-0.2, 0) is 24.7 Å². The summed E-state index contributed by atoms with van der Waals surface area (Å²) in [4.78, 5) is 32.3. The van der Waals surface area contributed by atoms with Crippen LogP contribution in [0.1, 0.15) is 5.56 Å². The molecular formula is C11H10O7. The highest BCUT2D eigenvalue weighted by Crippen LogP contribution is 2.27. The molecule has 0 aliphatic carbocycles. The normalized spacial score (nSPS) is 15.2. The van der Waals surface area contributed by atoms with Crippen LogP contribution in [0.2, 0.25) is 0 Å². The van der Waals surface area contributed by atoms with Crippen LogP contribution in [0.5, 0.6) is 0 Å². The lowest BCUT2D eigenvalue weighted by atomic mass is 9.88. The van der Waals surface area contributed by atoms with Gasteiger partial charge in [-0.2, -0.15) is 0 Å². The molecule has 0 aliphatic heterocycles. The maximum atomic E-state index is 11.5. The Morgan fingerprint density at radius 2 is 1.83 bits per heavy atom. The first-order valence-corrected chi connectivity index (χ1v) is 4.78. The molecule has 0 saturated carbocycles. The van der Waals surface area contributed by atoms with Crippen LogP contribution in [0, 0.1) is 0 Å². The van der Waals surface area contributed by atoms with Crippen molar-refractivity contribution in [3.05, 3.63) is 35.9 Å². The molecule has 1 aromatic rings. The molecule has 0 fully saturated rings. The molecule has 2 atom stereocenters. The number of ether oxygens (including phenoxy) is 1. The number of rotatable bonds is 5. The Balaban J connectivity index is 3.29. The van der Waals surface area contributed by atoms with E-state index in [0.29, 0.717) is 0 Å². The molecule has 3 N–H and O–H groups in total. The highest BCUT2D eigenvalue weighted by molar-refractivity contribution is 5.92. The number of carbonyl (C=O) groups excluding carboxylic acids is 2. The van der Waals surface area contributed by atoms with E-state index < -0.39 is 23.6 Å². The van der Waals surface area contributed by atoms with Gasteiger partial charge in [-0.05, 0) is 5.56 Å². The summed E-state index contributed by atoms with van der Waals surface area (Å²) < 4.78 is 3.94. The fourth-order valence-electron chi connectivity index (χ4n) is 1.39. The molecule has 0 spiro atoms. The third-order valence-electron chi connectivity index (χ3n) is 2.31. The Labute approximate surface area is 101 Å². The zero-order chi connectivity index (χ0) is 13.8. The smallest absolute Gasteiger partial charge is 0.353 e. The number of carboxylic acids is 1. The van der Waals surface area contributed by atoms with Crippen molar-refractivity contribution in [2.24, 2.45) is 0 Å². The van der Waals surface area contributed by atoms with Crippen LogP contribution in [0.25, 0.3) is 0 Å². The average molecular weight is 254 g/mol. The second-order valence-corrected chi connectivity index (χ2v) is 3.37. The Bertz CT molecular complexity index is 456. The minimum absolute atomic E-state index is 0.202. The van der Waals surface area contributed by atoms with Crippen molar-refractivity contribution in [3.8, 4) is 0 Å². The van der Waals surface area contributed by atoms with Crippen molar-refractivity contribution < 1.29 is 34.4 Å². The SMILES string of the molecule is O=COC(=O)C(O)(c1ccccc1)C(O)C(=O)O. The van der Waals surface area contributed by atoms with E-state index in [9.17, 15) is 24.6 Å². The van der Waals surface area contributed by atoms with Crippen LogP contribution in [0.3, 0.4) is 0 Å². The van der Waals surface area contributed by atoms with Gasteiger partial charge in [-0.1, -0.05) is 30.3 Å². The van der Waals surface area contributed by atoms with E-state index in [-0.39, 0.29) is 12.0 Å². The van der Waals surface area contributed by atoms with Crippen molar-refractivity contribution in [1.29, 1.82) is 0 Å². The van der Waals surface area contributed by atoms with Gasteiger partial charge >= 0.3 is 18.4 Å². The second-order valence-electron chi connectivity index (χ2n) is 3.37. The van der Waals surface area contributed by atoms with E-state index in [1.165, 1.54) is 24.3 Å². The van der Waals surface area contributed by atoms with E-state index in [1.807, 2.05) is 0 Å². The van der Waals surface area contributed by atoms with Gasteiger partial charge < -0.3 is 20.1 Å². The molecule has 96 valence electrons. The summed E-state index contributed by atoms with van der Waals surface area (Å²) in [6.07, 6.45) is -2.47. The number of esters is 1. The summed E-state index contributed by atoms with van der Waals surface area (Å²) in [6, 6.07) is 6.84. The Morgan fingerprint density at radius 1 is 1.28 bits per heavy atom. The van der Waals surface area contributed by atoms with Gasteiger partial charge in [-0.15, -0.1) is 0 Å². The van der Waals surface area contributed by atoms with E-state index in [4.69, 9.17) is 5.11 Å². The molecule has 0 radical (unpaired) electrons. The molecule has 18 heavy (non-hydrogen) atoms. The van der Waals surface area contributed by atoms with Gasteiger partial charge in [-0.25, -0.2) is 9.59 Å². The number of hydrogen-bond donors (Lipinski definition) is 3. The fraction of sp³-hybridized carbons (Fsp3) is 0.182. The van der Waals surface area contributed by atoms with E-state index in [0.717, 1.165) is 0 Å². The van der Waals surface area contributed by atoms with E-state index >= 15 is 0 Å². The first kappa shape index (κ1) is 13.8. The highest BCUT2D eigenvalue weighted by Gasteiger charge is 2.50. The third kappa shape index (κ3) is 2.36. The maximum absolute atomic E-state index is 11.5. The predicted molar refractivity (Wildman–Crippen MR) is 56.1 cm³/mol. The number of carboxylic acid groups (broad SMARTS) is 1. The number of carbonyl (C=O) groups is 3. The van der Waals surface area contributed by atoms with Gasteiger partial charge in [-0.3, -0.25) is 4.79 Å². The molecule has 2 unspecified atom stereocenters. The van der Waals surface area contributed by atoms with Crippen LogP contribution >= 0.6 is 0 Å². The molecule has 0 aliphatic rings. The number of aliphatic hydroxyl groups excluding tert-OH is 1. The zero-order valence-electron chi connectivity index (χ0n) is 9.02. The van der Waals surface area contributed by atoms with E-state index in [2.05, 4.69) is 4.74 Å². The van der Waals surface area contributed by atoms with Crippen molar-refractivity contribution in [2.45, 2.75) is 11.7 Å². The van der Waals surface area contributed by atoms with Gasteiger partial charge in [0.15, 0.2) is 6.10 Å². The molecule has 0 saturated heterocycles. The van der Waals surface area contributed by atoms with Gasteiger partial charge in [0.2, 0.25) is 5.60 Å². The standard InChI is InChI=1S/C11H10O7/c12-6-18-10(16)11(17,8(13)9(14)15)7-4-2-1-3-5-7/h1-6,8,13,17H,(H,14,15). The Hall–Kier alpha value is -2.25. The number of aliphatic hydroxyl groups is 2. The molecular weight excluding hydrogens is 244 g/mol. The maximum Gasteiger partial charge on any atom is 0.353 e. The molecule has 1 aromatic carbocycles. The Kier molecular flexibility index (Phi) is 4.13. The lowest BCUT2D eigenvalue weighted by Gasteiger charge is -2.27. The summed E-state index contributed by atoms with van der Waals surface area (Å²) in [6.45, 7) is -0.259. The monoisotopic (exact) mass is 254 g/mol. The van der Waals surface area contributed by atoms with Crippen LogP contribution in [0.15, 0.2) is 30.3 Å². The highest BCUT2D eigenvalue weighted by atomic mass is 16.6. The van der Waals surface area contributed by atoms with Gasteiger partial charge in [0.05, 0.1) is 0 Å². The molecule has 7 nitrogen and oxygen atoms in total. The molecule has 7 heteroatoms. The van der Waals surface area contributed by atoms with Gasteiger partial charge in [0, 0.05) is 0 Å². The molecule has 0 amide bonds. The van der Waals surface area contributed by atoms with Crippen LogP contribution in [0.4, 0.5) is 0 Å². The molecule has 0 bridgehead atoms. The third-order valence-corrected chi connectivity index (χ3v) is 2.31. The molecule has 1 rings (SSSR count). The lowest BCUT2D eigenvalue weighted by molar-refractivity contribution is -0.189.